The first-order valence-corrected chi connectivity index (χ1v) is 15.6. The second-order valence-corrected chi connectivity index (χ2v) is 12.7. The third-order valence-corrected chi connectivity index (χ3v) is 9.62. The van der Waals surface area contributed by atoms with Gasteiger partial charge < -0.3 is 10.6 Å². The van der Waals surface area contributed by atoms with Crippen molar-refractivity contribution in [3.05, 3.63) is 131 Å². The van der Waals surface area contributed by atoms with E-state index >= 15 is 0 Å². The zero-order chi connectivity index (χ0) is 33.0. The van der Waals surface area contributed by atoms with Crippen molar-refractivity contribution >= 4 is 22.9 Å². The molecule has 242 valence electrons. The molecule has 5 aliphatic rings. The number of nitrogens with two attached hydrogens (primary N) is 1. The fourth-order valence-electron chi connectivity index (χ4n) is 6.82. The van der Waals surface area contributed by atoms with Crippen LogP contribution in [0.1, 0.15) is 54.4 Å². The number of benzene rings is 2. The molecule has 2 heterocycles. The Morgan fingerprint density at radius 3 is 2.13 bits per heavy atom. The van der Waals surface area contributed by atoms with Gasteiger partial charge in [-0.3, -0.25) is 0 Å². The molecule has 4 nitrogen and oxygen atoms in total. The molecule has 2 atom stereocenters. The van der Waals surface area contributed by atoms with Crippen molar-refractivity contribution in [2.75, 3.05) is 6.54 Å². The van der Waals surface area contributed by atoms with Crippen molar-refractivity contribution in [1.29, 1.82) is 0 Å². The number of rotatable bonds is 5. The number of halogens is 6. The van der Waals surface area contributed by atoms with Crippen molar-refractivity contribution in [2.24, 2.45) is 27.6 Å². The predicted octanol–water partition coefficient (Wildman–Crippen LogP) is 9.12. The SMILES string of the molecule is NC1(C2C=CC(C3=NC4=NC(c5ccccc5)=C(c5cc(C(F)(F)F)cc(C(F)(F)F)c5)CN4C=C3C3C=CC=CC3)=CC2)CCC1. The first kappa shape index (κ1) is 31.2. The smallest absolute Gasteiger partial charge is 0.325 e. The van der Waals surface area contributed by atoms with Gasteiger partial charge in [-0.25, -0.2) is 9.98 Å². The summed E-state index contributed by atoms with van der Waals surface area (Å²) in [6.07, 6.45) is 11.0. The van der Waals surface area contributed by atoms with Crippen LogP contribution in [0.4, 0.5) is 26.3 Å². The van der Waals surface area contributed by atoms with Crippen LogP contribution in [0.15, 0.2) is 118 Å². The van der Waals surface area contributed by atoms with Crippen LogP contribution in [0, 0.1) is 11.8 Å². The van der Waals surface area contributed by atoms with E-state index < -0.39 is 23.5 Å². The lowest BCUT2D eigenvalue weighted by Crippen LogP contribution is -2.52. The van der Waals surface area contributed by atoms with Gasteiger partial charge in [-0.05, 0) is 67.4 Å². The van der Waals surface area contributed by atoms with Gasteiger partial charge in [-0.15, -0.1) is 0 Å². The molecule has 0 radical (unpaired) electrons. The summed E-state index contributed by atoms with van der Waals surface area (Å²) in [5.41, 5.74) is 7.14. The summed E-state index contributed by atoms with van der Waals surface area (Å²) in [4.78, 5) is 11.6. The Hall–Kier alpha value is -4.44. The summed E-state index contributed by atoms with van der Waals surface area (Å²) in [6.45, 7) is -0.0269. The monoisotopic (exact) mass is 646 g/mol. The largest absolute Gasteiger partial charge is 0.416 e. The Bertz CT molecular complexity index is 1800. The lowest BCUT2D eigenvalue weighted by Gasteiger charge is -2.44. The molecule has 0 amide bonds. The van der Waals surface area contributed by atoms with Gasteiger partial charge in [0, 0.05) is 34.4 Å². The fraction of sp³-hybridized carbons (Fsp3) is 0.297. The zero-order valence-corrected chi connectivity index (χ0v) is 25.3. The van der Waals surface area contributed by atoms with E-state index in [1.165, 1.54) is 0 Å². The summed E-state index contributed by atoms with van der Waals surface area (Å²) in [7, 11) is 0. The molecule has 2 aromatic carbocycles. The van der Waals surface area contributed by atoms with Gasteiger partial charge in [-0.1, -0.05) is 72.9 Å². The lowest BCUT2D eigenvalue weighted by atomic mass is 9.66. The van der Waals surface area contributed by atoms with Crippen LogP contribution in [-0.4, -0.2) is 28.7 Å². The molecule has 1 fully saturated rings. The Morgan fingerprint density at radius 1 is 0.830 bits per heavy atom. The minimum atomic E-state index is -4.98. The maximum absolute atomic E-state index is 13.9. The van der Waals surface area contributed by atoms with Crippen LogP contribution < -0.4 is 5.73 Å². The molecule has 2 aromatic rings. The van der Waals surface area contributed by atoms with E-state index in [9.17, 15) is 26.3 Å². The highest BCUT2D eigenvalue weighted by Gasteiger charge is 2.41. The molecule has 7 rings (SSSR count). The lowest BCUT2D eigenvalue weighted by molar-refractivity contribution is -0.143. The first-order chi connectivity index (χ1) is 22.4. The van der Waals surface area contributed by atoms with Gasteiger partial charge in [0.1, 0.15) is 0 Å². The zero-order valence-electron chi connectivity index (χ0n) is 25.3. The summed E-state index contributed by atoms with van der Waals surface area (Å²) in [5.74, 6) is 0.519. The van der Waals surface area contributed by atoms with Crippen molar-refractivity contribution < 1.29 is 26.3 Å². The molecule has 0 saturated heterocycles. The van der Waals surface area contributed by atoms with Gasteiger partial charge in [0.2, 0.25) is 5.96 Å². The predicted molar refractivity (Wildman–Crippen MR) is 172 cm³/mol. The van der Waals surface area contributed by atoms with E-state index in [2.05, 4.69) is 30.4 Å². The molecule has 2 unspecified atom stereocenters. The highest BCUT2D eigenvalue weighted by molar-refractivity contribution is 6.21. The average Bonchev–Trinajstić information content (AvgIpc) is 3.06. The summed E-state index contributed by atoms with van der Waals surface area (Å²) < 4.78 is 83.4. The summed E-state index contributed by atoms with van der Waals surface area (Å²) in [5, 5.41) is 0. The Morgan fingerprint density at radius 2 is 1.55 bits per heavy atom. The molecule has 2 N–H and O–H groups in total. The highest BCUT2D eigenvalue weighted by atomic mass is 19.4. The number of fused-ring (bicyclic) bond motifs is 1. The normalized spacial score (nSPS) is 23.9. The number of hydrogen-bond acceptors (Lipinski definition) is 4. The number of guanidine groups is 1. The van der Waals surface area contributed by atoms with Gasteiger partial charge in [0.25, 0.3) is 0 Å². The van der Waals surface area contributed by atoms with Crippen molar-refractivity contribution in [3.63, 3.8) is 0 Å². The Labute approximate surface area is 268 Å². The number of hydrogen-bond donors (Lipinski definition) is 1. The van der Waals surface area contributed by atoms with E-state index in [4.69, 9.17) is 15.7 Å². The minimum Gasteiger partial charge on any atom is -0.325 e. The Kier molecular flexibility index (Phi) is 7.74. The minimum absolute atomic E-state index is 0.0269. The first-order valence-electron chi connectivity index (χ1n) is 15.6. The van der Waals surface area contributed by atoms with Crippen LogP contribution in [0.2, 0.25) is 0 Å². The molecular formula is C37H32F6N4. The second kappa shape index (κ2) is 11.7. The van der Waals surface area contributed by atoms with E-state index in [0.29, 0.717) is 17.9 Å². The molecule has 0 bridgehead atoms. The van der Waals surface area contributed by atoms with Crippen LogP contribution in [0.25, 0.3) is 11.3 Å². The van der Waals surface area contributed by atoms with Gasteiger partial charge >= 0.3 is 12.4 Å². The molecule has 10 heteroatoms. The van der Waals surface area contributed by atoms with E-state index in [0.717, 1.165) is 54.7 Å². The van der Waals surface area contributed by atoms with Crippen LogP contribution in [0.3, 0.4) is 0 Å². The van der Waals surface area contributed by atoms with Crippen molar-refractivity contribution in [1.82, 2.24) is 4.90 Å². The van der Waals surface area contributed by atoms with Gasteiger partial charge in [-0.2, -0.15) is 26.3 Å². The molecule has 47 heavy (non-hydrogen) atoms. The molecule has 0 aromatic heterocycles. The van der Waals surface area contributed by atoms with E-state index in [1.54, 1.807) is 35.2 Å². The van der Waals surface area contributed by atoms with Crippen LogP contribution >= 0.6 is 0 Å². The van der Waals surface area contributed by atoms with Crippen molar-refractivity contribution in [3.8, 4) is 0 Å². The quantitative estimate of drug-likeness (QED) is 0.330. The maximum Gasteiger partial charge on any atom is 0.416 e. The number of aliphatic imine (C=N–C) groups is 2. The number of alkyl halides is 6. The molecular weight excluding hydrogens is 614 g/mol. The average molecular weight is 647 g/mol. The molecule has 0 spiro atoms. The molecule has 1 saturated carbocycles. The standard InChI is InChI=1S/C37H32F6N4/c38-36(39,40)28-18-26(19-29(20-28)37(41,42)43)31-22-47-21-30(23-8-3-1-4-9-23)33(25-12-14-27(15-13-25)35(44)16-7-17-35)46-34(47)45-32(31)24-10-5-2-6-11-24/h1-6,8,10-14,18-21,23,27H,7,9,15-17,22,44H2. The van der Waals surface area contributed by atoms with Crippen molar-refractivity contribution in [2.45, 2.75) is 50.0 Å². The highest BCUT2D eigenvalue weighted by Crippen LogP contribution is 2.43. The third kappa shape index (κ3) is 6.06. The molecule has 3 aliphatic carbocycles. The summed E-state index contributed by atoms with van der Waals surface area (Å²) >= 11 is 0. The molecule has 2 aliphatic heterocycles. The van der Waals surface area contributed by atoms with Gasteiger partial charge in [0.15, 0.2) is 0 Å². The fourth-order valence-corrected chi connectivity index (χ4v) is 6.82. The number of allylic oxidation sites excluding steroid dienone is 8. The van der Waals surface area contributed by atoms with E-state index in [1.807, 2.05) is 18.4 Å². The van der Waals surface area contributed by atoms with Crippen LogP contribution in [-0.2, 0) is 12.4 Å². The van der Waals surface area contributed by atoms with Crippen LogP contribution in [0.5, 0.6) is 0 Å². The number of nitrogens with zero attached hydrogens (tertiary/aromatic N) is 3. The summed E-state index contributed by atoms with van der Waals surface area (Å²) in [6, 6.07) is 10.4. The second-order valence-electron chi connectivity index (χ2n) is 12.7. The van der Waals surface area contributed by atoms with E-state index in [-0.39, 0.29) is 46.8 Å². The van der Waals surface area contributed by atoms with Gasteiger partial charge in [0.05, 0.1) is 29.1 Å². The topological polar surface area (TPSA) is 54.0 Å². The third-order valence-electron chi connectivity index (χ3n) is 9.62. The maximum atomic E-state index is 13.9. The Balaban J connectivity index is 1.36.